The van der Waals surface area contributed by atoms with Gasteiger partial charge in [-0.05, 0) is 105 Å². The number of nitrogens with one attached hydrogen (secondary N) is 3. The summed E-state index contributed by atoms with van der Waals surface area (Å²) in [6.45, 7) is 12.4. The number of likely N-dealkylation sites (tertiary alicyclic amines) is 1. The zero-order valence-corrected chi connectivity index (χ0v) is 42.0. The number of hydrogen-bond acceptors (Lipinski definition) is 15. The summed E-state index contributed by atoms with van der Waals surface area (Å²) in [6, 6.07) is 21.2. The van der Waals surface area contributed by atoms with Crippen LogP contribution in [-0.2, 0) is 14.8 Å². The summed E-state index contributed by atoms with van der Waals surface area (Å²) >= 11 is 0. The highest BCUT2D eigenvalue weighted by Crippen LogP contribution is 2.55. The summed E-state index contributed by atoms with van der Waals surface area (Å²) in [6.07, 6.45) is 8.33. The number of ether oxygens (including phenoxy) is 3. The SMILES string of the molecule is CC(C)c1ccccc1[C@@H]1CCCN1C1CC2(CCN(c3ccc(C(=O)NS(=O)(=O)c4cc5c(c([N+](=O)[O-])c4)N[C@@H](CN4CCN(C)CC4)CO5)c(N4c5cc6cc[nH]c6nc5O[C@H]5COC[C@@H]54)c3)CC2)C1. The molecule has 1 saturated carbocycles. The monoisotopic (exact) mass is 1000 g/mol. The van der Waals surface area contributed by atoms with Gasteiger partial charge in [-0.3, -0.25) is 24.7 Å². The molecule has 380 valence electrons. The molecule has 3 N–H and O–H groups in total. The maximum absolute atomic E-state index is 14.8. The van der Waals surface area contributed by atoms with Crippen molar-refractivity contribution >= 4 is 55.4 Å². The minimum absolute atomic E-state index is 0.0332. The number of rotatable bonds is 11. The first-order valence-corrected chi connectivity index (χ1v) is 27.2. The quantitative estimate of drug-likeness (QED) is 0.0904. The number of sulfonamides is 1. The van der Waals surface area contributed by atoms with Crippen molar-refractivity contribution in [2.24, 2.45) is 5.41 Å². The highest BCUT2D eigenvalue weighted by molar-refractivity contribution is 7.90. The lowest BCUT2D eigenvalue weighted by Gasteiger charge is -2.56. The number of piperidine rings is 1. The van der Waals surface area contributed by atoms with Crippen molar-refractivity contribution in [3.05, 3.63) is 99.7 Å². The van der Waals surface area contributed by atoms with E-state index in [2.05, 4.69) is 79.8 Å². The van der Waals surface area contributed by atoms with Crippen LogP contribution in [0, 0.1) is 15.5 Å². The number of piperazine rings is 1. The summed E-state index contributed by atoms with van der Waals surface area (Å²) in [5.74, 6) is -0.00205. The molecular formula is C53H64N10O8S. The Balaban J connectivity index is 0.818. The number of nitro benzene ring substituents is 1. The van der Waals surface area contributed by atoms with Crippen molar-refractivity contribution in [1.82, 2.24) is 29.4 Å². The average Bonchev–Trinajstić information content (AvgIpc) is 4.16. The van der Waals surface area contributed by atoms with Crippen LogP contribution in [0.3, 0.4) is 0 Å². The molecule has 12 rings (SSSR count). The van der Waals surface area contributed by atoms with Crippen molar-refractivity contribution in [2.45, 2.75) is 93.5 Å². The predicted octanol–water partition coefficient (Wildman–Crippen LogP) is 7.02. The molecule has 1 amide bonds. The van der Waals surface area contributed by atoms with Gasteiger partial charge in [-0.15, -0.1) is 0 Å². The van der Waals surface area contributed by atoms with E-state index < -0.39 is 37.5 Å². The van der Waals surface area contributed by atoms with Gasteiger partial charge in [0.25, 0.3) is 21.6 Å². The Hall–Kier alpha value is -5.99. The second-order valence-electron chi connectivity index (χ2n) is 21.6. The molecule has 72 heavy (non-hydrogen) atoms. The van der Waals surface area contributed by atoms with Crippen LogP contribution in [0.15, 0.2) is 77.8 Å². The molecule has 19 heteroatoms. The van der Waals surface area contributed by atoms with Gasteiger partial charge in [0.2, 0.25) is 5.88 Å². The number of nitrogens with zero attached hydrogens (tertiary/aromatic N) is 7. The number of benzene rings is 3. The third-order valence-corrected chi connectivity index (χ3v) is 18.0. The van der Waals surface area contributed by atoms with Crippen LogP contribution in [-0.4, -0.2) is 147 Å². The number of nitro groups is 1. The van der Waals surface area contributed by atoms with E-state index in [9.17, 15) is 23.3 Å². The molecule has 3 aromatic carbocycles. The van der Waals surface area contributed by atoms with E-state index in [1.54, 1.807) is 6.07 Å². The van der Waals surface area contributed by atoms with Crippen molar-refractivity contribution < 1.29 is 32.3 Å². The molecule has 0 unspecified atom stereocenters. The normalized spacial score (nSPS) is 24.6. The molecule has 5 aromatic rings. The molecule has 18 nitrogen and oxygen atoms in total. The molecule has 4 atom stereocenters. The molecular weight excluding hydrogens is 937 g/mol. The second-order valence-corrected chi connectivity index (χ2v) is 23.2. The molecule has 5 fully saturated rings. The van der Waals surface area contributed by atoms with Gasteiger partial charge in [0.1, 0.15) is 24.0 Å². The number of carbonyl (C=O) groups excluding carboxylic acids is 1. The Bertz CT molecular complexity index is 3020. The van der Waals surface area contributed by atoms with Crippen LogP contribution < -0.4 is 29.3 Å². The van der Waals surface area contributed by atoms with Crippen LogP contribution in [0.5, 0.6) is 11.6 Å². The van der Waals surface area contributed by atoms with Gasteiger partial charge < -0.3 is 39.2 Å². The van der Waals surface area contributed by atoms with Gasteiger partial charge in [-0.1, -0.05) is 38.1 Å². The highest BCUT2D eigenvalue weighted by atomic mass is 32.2. The van der Waals surface area contributed by atoms with E-state index in [1.807, 2.05) is 35.4 Å². The molecule has 2 aromatic heterocycles. The maximum atomic E-state index is 14.8. The van der Waals surface area contributed by atoms with Crippen LogP contribution in [0.1, 0.15) is 85.8 Å². The van der Waals surface area contributed by atoms with Gasteiger partial charge >= 0.3 is 0 Å². The third kappa shape index (κ3) is 8.59. The summed E-state index contributed by atoms with van der Waals surface area (Å²) in [7, 11) is -2.61. The molecule has 0 bridgehead atoms. The second kappa shape index (κ2) is 18.5. The summed E-state index contributed by atoms with van der Waals surface area (Å²) in [5, 5.41) is 16.6. The Morgan fingerprint density at radius 1 is 0.958 bits per heavy atom. The largest absolute Gasteiger partial charge is 0.489 e. The van der Waals surface area contributed by atoms with Crippen LogP contribution >= 0.6 is 0 Å². The average molecular weight is 1000 g/mol. The van der Waals surface area contributed by atoms with Gasteiger partial charge in [-0.25, -0.2) is 13.1 Å². The first-order valence-electron chi connectivity index (χ1n) is 25.7. The van der Waals surface area contributed by atoms with E-state index in [-0.39, 0.29) is 41.1 Å². The standard InChI is InChI=1S/C53H64N10O8S/c1-33(2)39-7-4-5-8-40(39)42-9-6-16-61(42)37-27-53(28-37)13-17-60(18-14-53)36-10-11-41(43(24-36)62-45-23-34-12-15-54-50(34)56-52(45)71-48-32-69-31-46(48)62)51(64)57-72(67,68)38-25-44(63(65)66)49-47(26-38)70-30-35(55-49)29-59-21-19-58(3)20-22-59/h4-5,7-8,10-12,15,23-26,33,35,37,42,46,48,55H,6,9,13-14,16-22,27-32H2,1-3H3,(H,54,56)(H,57,64)/t35-,42-,46-,48-/m0/s1. The zero-order chi connectivity index (χ0) is 49.5. The summed E-state index contributed by atoms with van der Waals surface area (Å²) < 4.78 is 49.5. The summed E-state index contributed by atoms with van der Waals surface area (Å²) in [4.78, 5) is 46.0. The van der Waals surface area contributed by atoms with Crippen molar-refractivity contribution in [2.75, 3.05) is 94.3 Å². The number of fused-ring (bicyclic) bond motifs is 4. The minimum atomic E-state index is -4.68. The zero-order valence-electron chi connectivity index (χ0n) is 41.2. The number of aromatic amines is 1. The molecule has 7 aliphatic rings. The molecule has 4 saturated heterocycles. The van der Waals surface area contributed by atoms with E-state index in [4.69, 9.17) is 19.2 Å². The lowest BCUT2D eigenvalue weighted by atomic mass is 9.59. The fourth-order valence-electron chi connectivity index (χ4n) is 12.8. The number of pyridine rings is 1. The molecule has 8 heterocycles. The fraction of sp³-hybridized carbons (Fsp3) is 0.509. The number of carbonyl (C=O) groups is 1. The maximum Gasteiger partial charge on any atom is 0.297 e. The number of H-pyrrole nitrogens is 1. The topological polar surface area (TPSA) is 191 Å². The lowest BCUT2D eigenvalue weighted by molar-refractivity contribution is -0.384. The third-order valence-electron chi connectivity index (χ3n) is 16.7. The molecule has 0 radical (unpaired) electrons. The van der Waals surface area contributed by atoms with Crippen molar-refractivity contribution in [1.29, 1.82) is 0 Å². The van der Waals surface area contributed by atoms with Gasteiger partial charge in [0.15, 0.2) is 11.4 Å². The number of amides is 1. The Morgan fingerprint density at radius 3 is 2.56 bits per heavy atom. The number of anilines is 4. The Morgan fingerprint density at radius 2 is 1.76 bits per heavy atom. The first-order chi connectivity index (χ1) is 34.8. The number of aromatic nitrogens is 2. The number of hydrogen-bond donors (Lipinski definition) is 3. The van der Waals surface area contributed by atoms with Gasteiger partial charge in [0.05, 0.1) is 46.4 Å². The smallest absolute Gasteiger partial charge is 0.297 e. The summed E-state index contributed by atoms with van der Waals surface area (Å²) in [5.41, 5.74) is 5.66. The van der Waals surface area contributed by atoms with Crippen LogP contribution in [0.4, 0.5) is 28.4 Å². The Kier molecular flexibility index (Phi) is 12.1. The van der Waals surface area contributed by atoms with E-state index in [1.165, 1.54) is 42.9 Å². The van der Waals surface area contributed by atoms with Gasteiger partial charge in [-0.2, -0.15) is 4.98 Å². The fourth-order valence-corrected chi connectivity index (χ4v) is 13.8. The molecule has 6 aliphatic heterocycles. The lowest BCUT2D eigenvalue weighted by Crippen LogP contribution is -2.55. The van der Waals surface area contributed by atoms with Crippen molar-refractivity contribution in [3.63, 3.8) is 0 Å². The van der Waals surface area contributed by atoms with E-state index in [0.29, 0.717) is 60.7 Å². The molecule has 1 aliphatic carbocycles. The minimum Gasteiger partial charge on any atom is -0.489 e. The highest BCUT2D eigenvalue weighted by Gasteiger charge is 2.50. The number of likely N-dealkylation sites (N-methyl/N-ethyl adjacent to an activating group) is 1. The van der Waals surface area contributed by atoms with Crippen molar-refractivity contribution in [3.8, 4) is 11.6 Å². The van der Waals surface area contributed by atoms with Crippen LogP contribution in [0.2, 0.25) is 0 Å². The van der Waals surface area contributed by atoms with E-state index >= 15 is 0 Å². The van der Waals surface area contributed by atoms with E-state index in [0.717, 1.165) is 75.8 Å². The van der Waals surface area contributed by atoms with Crippen LogP contribution in [0.25, 0.3) is 11.0 Å². The van der Waals surface area contributed by atoms with Gasteiger partial charge in [0, 0.05) is 87.3 Å². The Labute approximate surface area is 420 Å². The first kappa shape index (κ1) is 47.0. The predicted molar refractivity (Wildman–Crippen MR) is 274 cm³/mol. The molecule has 1 spiro atoms.